The van der Waals surface area contributed by atoms with Gasteiger partial charge in [0.2, 0.25) is 5.91 Å². The Morgan fingerprint density at radius 2 is 1.70 bits per heavy atom. The first-order valence-electron chi connectivity index (χ1n) is 15.9. The molecule has 3 aromatic carbocycles. The summed E-state index contributed by atoms with van der Waals surface area (Å²) in [7, 11) is 3.53. The van der Waals surface area contributed by atoms with Crippen LogP contribution in [0.25, 0.3) is 10.9 Å². The quantitative estimate of drug-likeness (QED) is 0.141. The number of ether oxygens (including phenoxy) is 1. The minimum absolute atomic E-state index is 0.0552. The molecule has 1 saturated heterocycles. The highest BCUT2D eigenvalue weighted by molar-refractivity contribution is 6.38. The van der Waals surface area contributed by atoms with Crippen molar-refractivity contribution in [2.24, 2.45) is 7.05 Å². The van der Waals surface area contributed by atoms with Gasteiger partial charge in [0.05, 0.1) is 29.4 Å². The molecule has 6 rings (SSSR count). The number of hydrogen-bond donors (Lipinski definition) is 0. The number of carbonyl (C=O) groups is 2. The fourth-order valence-electron chi connectivity index (χ4n) is 6.31. The SMILES string of the molecule is Cc1ccc2cccc(OCc3c(Cl)ccc(N(C)C(=O)Cc4ccc(C(=O)CN5CCC(c6ccccc6)CC5)n4C)c3Cl)c2n1. The number of fused-ring (bicyclic) bond motifs is 1. The molecule has 1 aliphatic rings. The molecule has 47 heavy (non-hydrogen) atoms. The predicted molar refractivity (Wildman–Crippen MR) is 189 cm³/mol. The van der Waals surface area contributed by atoms with Crippen molar-refractivity contribution in [1.82, 2.24) is 14.5 Å². The van der Waals surface area contributed by atoms with Crippen molar-refractivity contribution >= 4 is 51.5 Å². The molecule has 242 valence electrons. The Labute approximate surface area is 285 Å². The van der Waals surface area contributed by atoms with Crippen LogP contribution in [-0.2, 0) is 24.9 Å². The van der Waals surface area contributed by atoms with E-state index in [-0.39, 0.29) is 24.7 Å². The first kappa shape index (κ1) is 32.8. The van der Waals surface area contributed by atoms with E-state index < -0.39 is 0 Å². The molecule has 1 fully saturated rings. The van der Waals surface area contributed by atoms with Crippen LogP contribution in [0.4, 0.5) is 5.69 Å². The van der Waals surface area contributed by atoms with Gasteiger partial charge in [-0.2, -0.15) is 0 Å². The molecule has 0 saturated carbocycles. The fraction of sp³-hybridized carbons (Fsp3) is 0.289. The molecular formula is C38H38Cl2N4O3. The number of rotatable bonds is 10. The molecule has 1 aliphatic heterocycles. The van der Waals surface area contributed by atoms with Crippen LogP contribution in [0.3, 0.4) is 0 Å². The Morgan fingerprint density at radius 3 is 2.47 bits per heavy atom. The first-order valence-corrected chi connectivity index (χ1v) is 16.6. The van der Waals surface area contributed by atoms with E-state index in [0.29, 0.717) is 45.2 Å². The van der Waals surface area contributed by atoms with Gasteiger partial charge in [-0.3, -0.25) is 14.5 Å². The van der Waals surface area contributed by atoms with E-state index in [0.717, 1.165) is 48.2 Å². The average Bonchev–Trinajstić information content (AvgIpc) is 3.44. The lowest BCUT2D eigenvalue weighted by Crippen LogP contribution is -2.37. The minimum Gasteiger partial charge on any atom is -0.487 e. The number of likely N-dealkylation sites (N-methyl/N-ethyl adjacent to an activating group) is 1. The molecule has 0 aliphatic carbocycles. The molecule has 0 atom stereocenters. The second-order valence-electron chi connectivity index (χ2n) is 12.2. The van der Waals surface area contributed by atoms with Gasteiger partial charge in [-0.25, -0.2) is 4.98 Å². The molecule has 0 spiro atoms. The largest absolute Gasteiger partial charge is 0.487 e. The number of para-hydroxylation sites is 1. The third-order valence-electron chi connectivity index (χ3n) is 9.17. The summed E-state index contributed by atoms with van der Waals surface area (Å²) >= 11 is 13.4. The fourth-order valence-corrected chi connectivity index (χ4v) is 6.92. The lowest BCUT2D eigenvalue weighted by Gasteiger charge is -2.31. The summed E-state index contributed by atoms with van der Waals surface area (Å²) in [4.78, 5) is 35.2. The summed E-state index contributed by atoms with van der Waals surface area (Å²) in [5, 5.41) is 1.76. The maximum atomic E-state index is 13.5. The normalized spacial score (nSPS) is 14.0. The Bertz CT molecular complexity index is 1920. The van der Waals surface area contributed by atoms with Gasteiger partial charge in [-0.05, 0) is 80.7 Å². The van der Waals surface area contributed by atoms with Crippen LogP contribution in [0.2, 0.25) is 10.0 Å². The number of amides is 1. The highest BCUT2D eigenvalue weighted by Crippen LogP contribution is 2.36. The smallest absolute Gasteiger partial charge is 0.232 e. The second kappa shape index (κ2) is 14.3. The van der Waals surface area contributed by atoms with Crippen LogP contribution in [0, 0.1) is 6.92 Å². The van der Waals surface area contributed by atoms with Crippen LogP contribution in [0.5, 0.6) is 5.75 Å². The van der Waals surface area contributed by atoms with Crippen molar-refractivity contribution in [3.8, 4) is 5.75 Å². The zero-order valence-electron chi connectivity index (χ0n) is 26.9. The number of benzene rings is 3. The summed E-state index contributed by atoms with van der Waals surface area (Å²) in [6, 6.07) is 27.4. The molecular weight excluding hydrogens is 631 g/mol. The molecule has 2 aromatic heterocycles. The van der Waals surface area contributed by atoms with Gasteiger partial charge < -0.3 is 14.2 Å². The van der Waals surface area contributed by atoms with Gasteiger partial charge in [0.25, 0.3) is 0 Å². The molecule has 5 aromatic rings. The topological polar surface area (TPSA) is 67.7 Å². The van der Waals surface area contributed by atoms with E-state index >= 15 is 0 Å². The Kier molecular flexibility index (Phi) is 9.97. The summed E-state index contributed by atoms with van der Waals surface area (Å²) in [5.41, 5.74) is 5.48. The van der Waals surface area contributed by atoms with E-state index in [4.69, 9.17) is 27.9 Å². The van der Waals surface area contributed by atoms with E-state index in [1.165, 1.54) is 10.5 Å². The number of pyridine rings is 1. The third-order valence-corrected chi connectivity index (χ3v) is 9.94. The van der Waals surface area contributed by atoms with Crippen molar-refractivity contribution < 1.29 is 14.3 Å². The summed E-state index contributed by atoms with van der Waals surface area (Å²) < 4.78 is 7.99. The molecule has 0 radical (unpaired) electrons. The Hall–Kier alpha value is -4.17. The molecule has 0 N–H and O–H groups in total. The molecule has 9 heteroatoms. The zero-order chi connectivity index (χ0) is 33.1. The number of piperidine rings is 1. The number of halogens is 2. The van der Waals surface area contributed by atoms with E-state index in [1.54, 1.807) is 19.2 Å². The molecule has 7 nitrogen and oxygen atoms in total. The van der Waals surface area contributed by atoms with Crippen molar-refractivity contribution in [3.63, 3.8) is 0 Å². The lowest BCUT2D eigenvalue weighted by molar-refractivity contribution is -0.117. The number of aryl methyl sites for hydroxylation is 1. The molecule has 0 bridgehead atoms. The maximum absolute atomic E-state index is 13.5. The minimum atomic E-state index is -0.169. The number of carbonyl (C=O) groups excluding carboxylic acids is 2. The van der Waals surface area contributed by atoms with Crippen molar-refractivity contribution in [2.45, 2.75) is 38.7 Å². The number of anilines is 1. The van der Waals surface area contributed by atoms with E-state index in [1.807, 2.05) is 67.1 Å². The van der Waals surface area contributed by atoms with Crippen LogP contribution < -0.4 is 9.64 Å². The predicted octanol–water partition coefficient (Wildman–Crippen LogP) is 8.04. The summed E-state index contributed by atoms with van der Waals surface area (Å²) in [6.07, 6.45) is 2.18. The standard InChI is InChI=1S/C38H38Cl2N4O3/c1-25-12-13-28-10-7-11-35(38(28)41-25)47-24-30-31(39)15-17-33(37(30)40)43(3)36(46)22-29-14-16-32(42(29)2)34(45)23-44-20-18-27(19-21-44)26-8-5-4-6-9-26/h4-17,27H,18-24H2,1-3H3. The van der Waals surface area contributed by atoms with Crippen molar-refractivity contribution in [2.75, 3.05) is 31.6 Å². The van der Waals surface area contributed by atoms with Crippen LogP contribution in [0.15, 0.2) is 84.9 Å². The number of Topliss-reactive ketones (excluding diaryl/α,β-unsaturated/α-hetero) is 1. The first-order chi connectivity index (χ1) is 22.7. The molecule has 0 unspecified atom stereocenters. The maximum Gasteiger partial charge on any atom is 0.232 e. The number of nitrogens with zero attached hydrogens (tertiary/aromatic N) is 4. The monoisotopic (exact) mass is 668 g/mol. The number of ketones is 1. The van der Waals surface area contributed by atoms with Gasteiger partial charge in [-0.15, -0.1) is 0 Å². The van der Waals surface area contributed by atoms with Gasteiger partial charge in [0, 0.05) is 41.5 Å². The van der Waals surface area contributed by atoms with Crippen LogP contribution >= 0.6 is 23.2 Å². The Balaban J connectivity index is 1.09. The summed E-state index contributed by atoms with van der Waals surface area (Å²) in [6.45, 7) is 4.19. The number of hydrogen-bond acceptors (Lipinski definition) is 5. The van der Waals surface area contributed by atoms with Crippen LogP contribution in [-0.4, -0.2) is 52.8 Å². The van der Waals surface area contributed by atoms with Crippen molar-refractivity contribution in [3.05, 3.63) is 123 Å². The second-order valence-corrected chi connectivity index (χ2v) is 13.0. The Morgan fingerprint density at radius 1 is 0.936 bits per heavy atom. The van der Waals surface area contributed by atoms with Gasteiger partial charge >= 0.3 is 0 Å². The molecule has 3 heterocycles. The summed E-state index contributed by atoms with van der Waals surface area (Å²) in [5.74, 6) is 1.05. The third kappa shape index (κ3) is 7.23. The van der Waals surface area contributed by atoms with E-state index in [9.17, 15) is 9.59 Å². The van der Waals surface area contributed by atoms with E-state index in [2.05, 4.69) is 34.1 Å². The highest BCUT2D eigenvalue weighted by atomic mass is 35.5. The van der Waals surface area contributed by atoms with Gasteiger partial charge in [0.15, 0.2) is 5.78 Å². The average molecular weight is 670 g/mol. The highest BCUT2D eigenvalue weighted by Gasteiger charge is 2.25. The number of aromatic nitrogens is 2. The lowest BCUT2D eigenvalue weighted by atomic mass is 9.89. The van der Waals surface area contributed by atoms with Crippen molar-refractivity contribution in [1.29, 1.82) is 0 Å². The van der Waals surface area contributed by atoms with Gasteiger partial charge in [-0.1, -0.05) is 71.7 Å². The number of likely N-dealkylation sites (tertiary alicyclic amines) is 1. The molecule has 1 amide bonds. The van der Waals surface area contributed by atoms with Gasteiger partial charge in [0.1, 0.15) is 17.9 Å². The zero-order valence-corrected chi connectivity index (χ0v) is 28.4. The van der Waals surface area contributed by atoms with Crippen LogP contribution in [0.1, 0.15) is 51.8 Å².